The number of nitrogens with zero attached hydrogens (tertiary/aromatic N) is 1. The molecule has 0 aromatic rings. The molecular weight excluding hydrogens is 277 g/mol. The average Bonchev–Trinajstić information content (AvgIpc) is 2.73. The molecule has 1 amide bonds. The first-order valence-electron chi connectivity index (χ1n) is 5.91. The van der Waals surface area contributed by atoms with Gasteiger partial charge in [0.1, 0.15) is 0 Å². The van der Waals surface area contributed by atoms with Crippen molar-refractivity contribution in [2.24, 2.45) is 0 Å². The lowest BCUT2D eigenvalue weighted by molar-refractivity contribution is 0.239. The Morgan fingerprint density at radius 1 is 1.59 bits per heavy atom. The predicted molar refractivity (Wildman–Crippen MR) is 75.8 cm³/mol. The summed E-state index contributed by atoms with van der Waals surface area (Å²) in [4.78, 5) is 11.7. The fourth-order valence-electron chi connectivity index (χ4n) is 1.27. The van der Waals surface area contributed by atoms with Crippen LogP contribution in [0.2, 0.25) is 0 Å². The Balaban J connectivity index is 2.77. The Kier molecular flexibility index (Phi) is 6.41. The van der Waals surface area contributed by atoms with Crippen molar-refractivity contribution >= 4 is 35.1 Å². The Morgan fingerprint density at radius 3 is 2.76 bits per heavy atom. The fraction of sp³-hybridized carbons (Fsp3) is 0.900. The average molecular weight is 297 g/mol. The summed E-state index contributed by atoms with van der Waals surface area (Å²) in [7, 11) is 0. The number of carbonyl (C=O) groups is 1. The van der Waals surface area contributed by atoms with Gasteiger partial charge in [0, 0.05) is 17.5 Å². The highest BCUT2D eigenvalue weighted by molar-refractivity contribution is 8.56. The van der Waals surface area contributed by atoms with Crippen LogP contribution < -0.4 is 0 Å². The number of rotatable bonds is 7. The Bertz CT molecular complexity index is 314. The fourth-order valence-corrected chi connectivity index (χ4v) is 7.65. The van der Waals surface area contributed by atoms with E-state index in [-0.39, 0.29) is 10.5 Å². The lowest BCUT2D eigenvalue weighted by atomic mass is 10.4. The summed E-state index contributed by atoms with van der Waals surface area (Å²) >= 11 is 2.53. The van der Waals surface area contributed by atoms with E-state index in [9.17, 15) is 9.36 Å². The molecular formula is C10H20NO3PS2. The molecule has 4 nitrogen and oxygen atoms in total. The van der Waals surface area contributed by atoms with E-state index >= 15 is 0 Å². The van der Waals surface area contributed by atoms with Crippen LogP contribution in [0.1, 0.15) is 33.6 Å². The highest BCUT2D eigenvalue weighted by atomic mass is 32.7. The van der Waals surface area contributed by atoms with Crippen molar-refractivity contribution in [2.75, 3.05) is 18.9 Å². The van der Waals surface area contributed by atoms with Gasteiger partial charge < -0.3 is 4.52 Å². The maximum absolute atomic E-state index is 12.8. The molecule has 0 spiro atoms. The van der Waals surface area contributed by atoms with Gasteiger partial charge in [-0.3, -0.25) is 14.0 Å². The minimum absolute atomic E-state index is 0.111. The van der Waals surface area contributed by atoms with Gasteiger partial charge in [0.05, 0.1) is 6.61 Å². The first-order valence-corrected chi connectivity index (χ1v) is 9.96. The molecule has 0 aromatic carbocycles. The molecule has 1 aliphatic rings. The van der Waals surface area contributed by atoms with Crippen LogP contribution >= 0.6 is 29.9 Å². The van der Waals surface area contributed by atoms with Crippen LogP contribution in [0.25, 0.3) is 0 Å². The van der Waals surface area contributed by atoms with Gasteiger partial charge in [-0.15, -0.1) is 0 Å². The second kappa shape index (κ2) is 7.07. The maximum Gasteiger partial charge on any atom is 0.356 e. The number of hydrogen-bond donors (Lipinski definition) is 0. The van der Waals surface area contributed by atoms with Gasteiger partial charge >= 0.3 is 6.72 Å². The molecule has 17 heavy (non-hydrogen) atoms. The van der Waals surface area contributed by atoms with E-state index in [4.69, 9.17) is 4.52 Å². The van der Waals surface area contributed by atoms with Crippen LogP contribution in [0.15, 0.2) is 0 Å². The zero-order chi connectivity index (χ0) is 12.9. The highest BCUT2D eigenvalue weighted by Gasteiger charge is 2.40. The Labute approximate surface area is 111 Å². The van der Waals surface area contributed by atoms with Gasteiger partial charge in [-0.05, 0) is 24.2 Å². The van der Waals surface area contributed by atoms with Crippen molar-refractivity contribution in [3.63, 3.8) is 0 Å². The van der Waals surface area contributed by atoms with Crippen LogP contribution in [0.3, 0.4) is 0 Å². The van der Waals surface area contributed by atoms with Crippen molar-refractivity contribution in [2.45, 2.75) is 38.9 Å². The normalized spacial score (nSPS) is 21.6. The molecule has 0 aliphatic carbocycles. The lowest BCUT2D eigenvalue weighted by Crippen LogP contribution is -2.21. The molecule has 0 saturated carbocycles. The van der Waals surface area contributed by atoms with Crippen molar-refractivity contribution in [3.8, 4) is 0 Å². The second-order valence-electron chi connectivity index (χ2n) is 3.86. The number of carbonyl (C=O) groups excluding carboxylic acids is 1. The molecule has 0 radical (unpaired) electrons. The summed E-state index contributed by atoms with van der Waals surface area (Å²) in [6.45, 7) is 3.97. The van der Waals surface area contributed by atoms with Crippen LogP contribution in [0.5, 0.6) is 0 Å². The summed E-state index contributed by atoms with van der Waals surface area (Å²) in [5.41, 5.74) is 0. The third kappa shape index (κ3) is 4.19. The van der Waals surface area contributed by atoms with E-state index in [1.165, 1.54) is 27.8 Å². The molecule has 1 saturated heterocycles. The molecule has 0 N–H and O–H groups in total. The van der Waals surface area contributed by atoms with Crippen molar-refractivity contribution in [3.05, 3.63) is 0 Å². The van der Waals surface area contributed by atoms with E-state index in [0.717, 1.165) is 12.8 Å². The van der Waals surface area contributed by atoms with E-state index in [1.807, 2.05) is 20.8 Å². The number of amides is 1. The number of hydrogen-bond acceptors (Lipinski definition) is 5. The van der Waals surface area contributed by atoms with Crippen LogP contribution in [0, 0.1) is 0 Å². The summed E-state index contributed by atoms with van der Waals surface area (Å²) in [5.74, 6) is 0.708. The quantitative estimate of drug-likeness (QED) is 0.658. The van der Waals surface area contributed by atoms with Gasteiger partial charge in [-0.2, -0.15) is 0 Å². The molecule has 1 aliphatic heterocycles. The third-order valence-corrected chi connectivity index (χ3v) is 8.60. The molecule has 100 valence electrons. The largest absolute Gasteiger partial charge is 0.356 e. The first kappa shape index (κ1) is 15.4. The molecule has 0 bridgehead atoms. The highest BCUT2D eigenvalue weighted by Crippen LogP contribution is 2.66. The monoisotopic (exact) mass is 297 g/mol. The maximum atomic E-state index is 12.8. The van der Waals surface area contributed by atoms with Gasteiger partial charge in [0.2, 0.25) is 0 Å². The van der Waals surface area contributed by atoms with Crippen molar-refractivity contribution in [1.82, 2.24) is 4.67 Å². The van der Waals surface area contributed by atoms with Gasteiger partial charge in [0.25, 0.3) is 5.24 Å². The van der Waals surface area contributed by atoms with E-state index in [0.29, 0.717) is 18.9 Å². The molecule has 1 heterocycles. The van der Waals surface area contributed by atoms with E-state index < -0.39 is 6.72 Å². The van der Waals surface area contributed by atoms with E-state index in [2.05, 4.69) is 0 Å². The Morgan fingerprint density at radius 2 is 2.29 bits per heavy atom. The Hall–Kier alpha value is 0.360. The van der Waals surface area contributed by atoms with Crippen LogP contribution in [-0.2, 0) is 9.09 Å². The third-order valence-electron chi connectivity index (χ3n) is 2.38. The summed E-state index contributed by atoms with van der Waals surface area (Å²) in [6, 6.07) is 0. The molecule has 7 heteroatoms. The lowest BCUT2D eigenvalue weighted by Gasteiger charge is -2.27. The van der Waals surface area contributed by atoms with Crippen LogP contribution in [-0.4, -0.2) is 34.1 Å². The SMILES string of the molecule is CCCOP(=O)(SC(C)CC)N1CCSC1=O. The topological polar surface area (TPSA) is 46.6 Å². The van der Waals surface area contributed by atoms with Crippen LogP contribution in [0.4, 0.5) is 4.79 Å². The molecule has 1 rings (SSSR count). The molecule has 0 aromatic heterocycles. The van der Waals surface area contributed by atoms with E-state index in [1.54, 1.807) is 0 Å². The van der Waals surface area contributed by atoms with Gasteiger partial charge in [-0.25, -0.2) is 0 Å². The standard InChI is InChI=1S/C10H20NO3PS2/c1-4-7-14-15(13,17-9(3)5-2)11-6-8-16-10(11)12/h9H,4-8H2,1-3H3. The first-order chi connectivity index (χ1) is 8.03. The van der Waals surface area contributed by atoms with Crippen molar-refractivity contribution < 1.29 is 13.9 Å². The van der Waals surface area contributed by atoms with Gasteiger partial charge in [-0.1, -0.05) is 32.5 Å². The summed E-state index contributed by atoms with van der Waals surface area (Å²) < 4.78 is 19.7. The van der Waals surface area contributed by atoms with Crippen molar-refractivity contribution in [1.29, 1.82) is 0 Å². The molecule has 1 fully saturated rings. The molecule has 2 unspecified atom stereocenters. The summed E-state index contributed by atoms with van der Waals surface area (Å²) in [5, 5.41) is 0.122. The predicted octanol–water partition coefficient (Wildman–Crippen LogP) is 4.22. The second-order valence-corrected chi connectivity index (χ2v) is 9.62. The minimum atomic E-state index is -3.03. The zero-order valence-corrected chi connectivity index (χ0v) is 13.1. The van der Waals surface area contributed by atoms with Gasteiger partial charge in [0.15, 0.2) is 0 Å². The minimum Gasteiger partial charge on any atom is -0.306 e. The zero-order valence-electron chi connectivity index (χ0n) is 10.5. The number of thioether (sulfide) groups is 1. The summed E-state index contributed by atoms with van der Waals surface area (Å²) in [6.07, 6.45) is 1.72. The molecule has 2 atom stereocenters. The smallest absolute Gasteiger partial charge is 0.306 e.